The molecule has 1 amide bonds. The molecule has 2 aromatic rings. The molecule has 3 heteroatoms. The van der Waals surface area contributed by atoms with Crippen molar-refractivity contribution < 1.29 is 9.59 Å². The van der Waals surface area contributed by atoms with Crippen LogP contribution in [0.15, 0.2) is 48.5 Å². The lowest BCUT2D eigenvalue weighted by molar-refractivity contribution is 0.0949. The summed E-state index contributed by atoms with van der Waals surface area (Å²) in [5.41, 5.74) is 3.42. The molecule has 0 unspecified atom stereocenters. The maximum absolute atomic E-state index is 12.0. The zero-order valence-electron chi connectivity index (χ0n) is 11.6. The predicted octanol–water partition coefficient (Wildman–Crippen LogP) is 3.13. The molecule has 0 aliphatic heterocycles. The van der Waals surface area contributed by atoms with Crippen LogP contribution in [0.3, 0.4) is 0 Å². The molecule has 3 nitrogen and oxygen atoms in total. The third-order valence-electron chi connectivity index (χ3n) is 3.13. The fourth-order valence-electron chi connectivity index (χ4n) is 1.85. The highest BCUT2D eigenvalue weighted by Gasteiger charge is 2.06. The van der Waals surface area contributed by atoms with Crippen LogP contribution in [-0.2, 0) is 6.54 Å². The van der Waals surface area contributed by atoms with Gasteiger partial charge >= 0.3 is 0 Å². The zero-order valence-corrected chi connectivity index (χ0v) is 11.6. The standard InChI is InChI=1S/C17H17NO2/c1-12-3-5-14(6-4-12)11-18-17(20)16-9-7-15(8-10-16)13(2)19/h3-10H,11H2,1-2H3,(H,18,20). The van der Waals surface area contributed by atoms with Gasteiger partial charge in [0.1, 0.15) is 0 Å². The molecule has 0 radical (unpaired) electrons. The van der Waals surface area contributed by atoms with E-state index < -0.39 is 0 Å². The van der Waals surface area contributed by atoms with E-state index in [4.69, 9.17) is 0 Å². The highest BCUT2D eigenvalue weighted by Crippen LogP contribution is 2.06. The van der Waals surface area contributed by atoms with Crippen molar-refractivity contribution in [3.05, 3.63) is 70.8 Å². The highest BCUT2D eigenvalue weighted by molar-refractivity contribution is 5.97. The largest absolute Gasteiger partial charge is 0.348 e. The zero-order chi connectivity index (χ0) is 14.5. The summed E-state index contributed by atoms with van der Waals surface area (Å²) >= 11 is 0. The SMILES string of the molecule is CC(=O)c1ccc(C(=O)NCc2ccc(C)cc2)cc1. The van der Waals surface area contributed by atoms with E-state index in [9.17, 15) is 9.59 Å². The molecule has 0 atom stereocenters. The van der Waals surface area contributed by atoms with E-state index in [1.807, 2.05) is 31.2 Å². The van der Waals surface area contributed by atoms with Gasteiger partial charge in [-0.05, 0) is 31.5 Å². The minimum atomic E-state index is -0.138. The first kappa shape index (κ1) is 14.0. The molecule has 2 rings (SSSR count). The molecule has 0 aliphatic carbocycles. The number of benzene rings is 2. The molecule has 0 aromatic heterocycles. The van der Waals surface area contributed by atoms with Crippen molar-refractivity contribution >= 4 is 11.7 Å². The first-order valence-electron chi connectivity index (χ1n) is 6.51. The Labute approximate surface area is 118 Å². The number of rotatable bonds is 4. The second-order valence-electron chi connectivity index (χ2n) is 4.80. The number of carbonyl (C=O) groups excluding carboxylic acids is 2. The summed E-state index contributed by atoms with van der Waals surface area (Å²) in [6, 6.07) is 14.7. The monoisotopic (exact) mass is 267 g/mol. The van der Waals surface area contributed by atoms with E-state index in [1.54, 1.807) is 24.3 Å². The third kappa shape index (κ3) is 3.54. The van der Waals surface area contributed by atoms with Crippen LogP contribution in [0, 0.1) is 6.92 Å². The fourth-order valence-corrected chi connectivity index (χ4v) is 1.85. The fraction of sp³-hybridized carbons (Fsp3) is 0.176. The molecule has 1 N–H and O–H groups in total. The first-order valence-corrected chi connectivity index (χ1v) is 6.51. The van der Waals surface area contributed by atoms with Crippen molar-refractivity contribution in [2.45, 2.75) is 20.4 Å². The second kappa shape index (κ2) is 6.15. The quantitative estimate of drug-likeness (QED) is 0.865. The number of aryl methyl sites for hydroxylation is 1. The van der Waals surface area contributed by atoms with Gasteiger partial charge in [0.05, 0.1) is 0 Å². The minimum absolute atomic E-state index is 0.00314. The van der Waals surface area contributed by atoms with Crippen molar-refractivity contribution in [1.29, 1.82) is 0 Å². The molecule has 0 aliphatic rings. The van der Waals surface area contributed by atoms with Crippen LogP contribution in [0.1, 0.15) is 38.8 Å². The number of hydrogen-bond donors (Lipinski definition) is 1. The molecule has 0 spiro atoms. The Balaban J connectivity index is 1.97. The summed E-state index contributed by atoms with van der Waals surface area (Å²) < 4.78 is 0. The lowest BCUT2D eigenvalue weighted by Crippen LogP contribution is -2.22. The normalized spacial score (nSPS) is 10.1. The van der Waals surface area contributed by atoms with Gasteiger partial charge in [0.25, 0.3) is 5.91 Å². The molecule has 0 bridgehead atoms. The first-order chi connectivity index (χ1) is 9.56. The second-order valence-corrected chi connectivity index (χ2v) is 4.80. The molecular formula is C17H17NO2. The van der Waals surface area contributed by atoms with Gasteiger partial charge < -0.3 is 5.32 Å². The van der Waals surface area contributed by atoms with Crippen LogP contribution in [0.5, 0.6) is 0 Å². The van der Waals surface area contributed by atoms with Crippen LogP contribution in [0.25, 0.3) is 0 Å². The molecule has 20 heavy (non-hydrogen) atoms. The Kier molecular flexibility index (Phi) is 4.31. The van der Waals surface area contributed by atoms with Crippen LogP contribution in [0.4, 0.5) is 0 Å². The van der Waals surface area contributed by atoms with Crippen LogP contribution < -0.4 is 5.32 Å². The number of carbonyl (C=O) groups is 2. The van der Waals surface area contributed by atoms with Crippen molar-refractivity contribution in [1.82, 2.24) is 5.32 Å². The Morgan fingerprint density at radius 3 is 2.00 bits per heavy atom. The summed E-state index contributed by atoms with van der Waals surface area (Å²) in [6.07, 6.45) is 0. The van der Waals surface area contributed by atoms with Gasteiger partial charge in [-0.2, -0.15) is 0 Å². The van der Waals surface area contributed by atoms with Crippen molar-refractivity contribution in [3.8, 4) is 0 Å². The maximum atomic E-state index is 12.0. The summed E-state index contributed by atoms with van der Waals surface area (Å²) in [7, 11) is 0. The Hall–Kier alpha value is -2.42. The van der Waals surface area contributed by atoms with Gasteiger partial charge in [0, 0.05) is 17.7 Å². The van der Waals surface area contributed by atoms with Gasteiger partial charge in [-0.3, -0.25) is 9.59 Å². The summed E-state index contributed by atoms with van der Waals surface area (Å²) in [5, 5.41) is 2.86. The van der Waals surface area contributed by atoms with Crippen molar-refractivity contribution in [3.63, 3.8) is 0 Å². The van der Waals surface area contributed by atoms with E-state index in [0.717, 1.165) is 5.56 Å². The van der Waals surface area contributed by atoms with Crippen LogP contribution in [0.2, 0.25) is 0 Å². The van der Waals surface area contributed by atoms with Gasteiger partial charge in [-0.1, -0.05) is 42.0 Å². The lowest BCUT2D eigenvalue weighted by atomic mass is 10.1. The predicted molar refractivity (Wildman–Crippen MR) is 78.8 cm³/mol. The Bertz CT molecular complexity index is 612. The van der Waals surface area contributed by atoms with Gasteiger partial charge in [0.2, 0.25) is 0 Å². The summed E-state index contributed by atoms with van der Waals surface area (Å²) in [4.78, 5) is 23.1. The van der Waals surface area contributed by atoms with Crippen molar-refractivity contribution in [2.24, 2.45) is 0 Å². The molecule has 0 heterocycles. The lowest BCUT2D eigenvalue weighted by Gasteiger charge is -2.06. The number of amides is 1. The van der Waals surface area contributed by atoms with E-state index in [0.29, 0.717) is 17.7 Å². The summed E-state index contributed by atoms with van der Waals surface area (Å²) in [6.45, 7) is 4.03. The van der Waals surface area contributed by atoms with Gasteiger partial charge in [-0.15, -0.1) is 0 Å². The summed E-state index contributed by atoms with van der Waals surface area (Å²) in [5.74, 6) is -0.141. The molecular weight excluding hydrogens is 250 g/mol. The topological polar surface area (TPSA) is 46.2 Å². The number of hydrogen-bond acceptors (Lipinski definition) is 2. The average molecular weight is 267 g/mol. The Morgan fingerprint density at radius 1 is 0.900 bits per heavy atom. The van der Waals surface area contributed by atoms with E-state index >= 15 is 0 Å². The molecule has 0 fully saturated rings. The van der Waals surface area contributed by atoms with Crippen LogP contribution in [-0.4, -0.2) is 11.7 Å². The third-order valence-corrected chi connectivity index (χ3v) is 3.13. The smallest absolute Gasteiger partial charge is 0.251 e. The van der Waals surface area contributed by atoms with Crippen LogP contribution >= 0.6 is 0 Å². The number of Topliss-reactive ketones (excluding diaryl/α,β-unsaturated/α-hetero) is 1. The van der Waals surface area contributed by atoms with Gasteiger partial charge in [-0.25, -0.2) is 0 Å². The highest BCUT2D eigenvalue weighted by atomic mass is 16.1. The van der Waals surface area contributed by atoms with E-state index in [2.05, 4.69) is 5.32 Å². The molecule has 2 aromatic carbocycles. The van der Waals surface area contributed by atoms with E-state index in [-0.39, 0.29) is 11.7 Å². The molecule has 0 saturated carbocycles. The average Bonchev–Trinajstić information content (AvgIpc) is 2.46. The number of nitrogens with one attached hydrogen (secondary N) is 1. The number of ketones is 1. The van der Waals surface area contributed by atoms with Crippen molar-refractivity contribution in [2.75, 3.05) is 0 Å². The molecule has 102 valence electrons. The maximum Gasteiger partial charge on any atom is 0.251 e. The van der Waals surface area contributed by atoms with Gasteiger partial charge in [0.15, 0.2) is 5.78 Å². The minimum Gasteiger partial charge on any atom is -0.348 e. The Morgan fingerprint density at radius 2 is 1.45 bits per heavy atom. The molecule has 0 saturated heterocycles. The van der Waals surface area contributed by atoms with E-state index in [1.165, 1.54) is 12.5 Å².